The molecule has 0 aliphatic carbocycles. The van der Waals surface area contributed by atoms with Crippen LogP contribution < -0.4 is 15.3 Å². The summed E-state index contributed by atoms with van der Waals surface area (Å²) in [6.45, 7) is 5.16. The van der Waals surface area contributed by atoms with Gasteiger partial charge in [0.2, 0.25) is 0 Å². The Balaban J connectivity index is 2.17. The summed E-state index contributed by atoms with van der Waals surface area (Å²) in [5.41, 5.74) is 1.85. The number of benzene rings is 1. The molecule has 23 heavy (non-hydrogen) atoms. The zero-order chi connectivity index (χ0) is 17.0. The second kappa shape index (κ2) is 6.95. The topological polar surface area (TPSA) is 92.8 Å². The first-order chi connectivity index (χ1) is 11.0. The highest BCUT2D eigenvalue weighted by atomic mass is 16.4. The summed E-state index contributed by atoms with van der Waals surface area (Å²) in [6.07, 6.45) is 1.52. The number of hydrogen-bond donors (Lipinski definition) is 1. The van der Waals surface area contributed by atoms with E-state index in [2.05, 4.69) is 24.1 Å². The summed E-state index contributed by atoms with van der Waals surface area (Å²) in [4.78, 5) is 36.9. The van der Waals surface area contributed by atoms with Gasteiger partial charge >= 0.3 is 6.03 Å². The Morgan fingerprint density at radius 3 is 2.35 bits per heavy atom. The van der Waals surface area contributed by atoms with Crippen LogP contribution in [-0.4, -0.2) is 42.4 Å². The molecule has 1 aliphatic heterocycles. The van der Waals surface area contributed by atoms with E-state index in [9.17, 15) is 19.5 Å². The fourth-order valence-electron chi connectivity index (χ4n) is 2.38. The summed E-state index contributed by atoms with van der Waals surface area (Å²) in [5, 5.41) is 12.9. The number of anilines is 1. The number of rotatable bonds is 6. The molecule has 1 aromatic rings. The van der Waals surface area contributed by atoms with Gasteiger partial charge in [-0.2, -0.15) is 0 Å². The molecule has 0 bridgehead atoms. The van der Waals surface area contributed by atoms with E-state index in [-0.39, 0.29) is 5.70 Å². The molecule has 0 radical (unpaired) electrons. The highest BCUT2D eigenvalue weighted by molar-refractivity contribution is 6.15. The van der Waals surface area contributed by atoms with Crippen LogP contribution in [0.1, 0.15) is 19.4 Å². The maximum atomic E-state index is 12.0. The van der Waals surface area contributed by atoms with Crippen molar-refractivity contribution in [3.8, 4) is 0 Å². The first-order valence-electron chi connectivity index (χ1n) is 7.35. The molecule has 2 rings (SSSR count). The molecule has 7 heteroatoms. The number of nitrogens with one attached hydrogen (secondary N) is 1. The number of carbonyl (C=O) groups is 3. The lowest BCUT2D eigenvalue weighted by molar-refractivity contribution is -0.305. The van der Waals surface area contributed by atoms with E-state index in [0.29, 0.717) is 4.90 Å². The summed E-state index contributed by atoms with van der Waals surface area (Å²) in [6, 6.07) is 6.77. The van der Waals surface area contributed by atoms with Gasteiger partial charge in [-0.05, 0) is 37.6 Å². The lowest BCUT2D eigenvalue weighted by Gasteiger charge is -2.20. The summed E-state index contributed by atoms with van der Waals surface area (Å²) < 4.78 is 0. The maximum Gasteiger partial charge on any atom is 0.329 e. The molecule has 0 spiro atoms. The fraction of sp³-hybridized carbons (Fsp3) is 0.312. The molecule has 1 aromatic carbocycles. The molecule has 122 valence electrons. The average molecular weight is 316 g/mol. The lowest BCUT2D eigenvalue weighted by Crippen LogP contribution is -2.41. The molecule has 1 saturated heterocycles. The molecule has 1 aliphatic rings. The van der Waals surface area contributed by atoms with E-state index in [1.165, 1.54) is 6.08 Å². The minimum absolute atomic E-state index is 0.0480. The fourth-order valence-corrected chi connectivity index (χ4v) is 2.38. The number of imide groups is 1. The van der Waals surface area contributed by atoms with Gasteiger partial charge in [-0.25, -0.2) is 4.79 Å². The minimum Gasteiger partial charge on any atom is -0.548 e. The number of nitrogens with zero attached hydrogens (tertiary/aromatic N) is 2. The van der Waals surface area contributed by atoms with Gasteiger partial charge in [-0.3, -0.25) is 9.69 Å². The Morgan fingerprint density at radius 2 is 1.83 bits per heavy atom. The van der Waals surface area contributed by atoms with Crippen molar-refractivity contribution in [3.63, 3.8) is 0 Å². The van der Waals surface area contributed by atoms with Crippen LogP contribution in [0.5, 0.6) is 0 Å². The van der Waals surface area contributed by atoms with E-state index < -0.39 is 24.5 Å². The highest BCUT2D eigenvalue weighted by Gasteiger charge is 2.33. The number of amides is 3. The monoisotopic (exact) mass is 316 g/mol. The van der Waals surface area contributed by atoms with Crippen molar-refractivity contribution in [2.75, 3.05) is 24.5 Å². The first-order valence-corrected chi connectivity index (χ1v) is 7.35. The molecule has 0 unspecified atom stereocenters. The van der Waals surface area contributed by atoms with Crippen LogP contribution >= 0.6 is 0 Å². The molecule has 7 nitrogen and oxygen atoms in total. The van der Waals surface area contributed by atoms with Gasteiger partial charge in [0, 0.05) is 18.8 Å². The average Bonchev–Trinajstić information content (AvgIpc) is 2.77. The van der Waals surface area contributed by atoms with Crippen LogP contribution in [0, 0.1) is 0 Å². The smallest absolute Gasteiger partial charge is 0.329 e. The van der Waals surface area contributed by atoms with Crippen molar-refractivity contribution in [2.24, 2.45) is 0 Å². The van der Waals surface area contributed by atoms with Crippen molar-refractivity contribution in [1.29, 1.82) is 0 Å². The number of carboxylic acid groups (broad SMARTS) is 1. The molecule has 1 N–H and O–H groups in total. The molecule has 3 amide bonds. The molecule has 1 fully saturated rings. The molecule has 0 atom stereocenters. The van der Waals surface area contributed by atoms with Crippen molar-refractivity contribution < 1.29 is 19.5 Å². The summed E-state index contributed by atoms with van der Waals surface area (Å²) >= 11 is 0. The Hall–Kier alpha value is -2.83. The number of urea groups is 1. The van der Waals surface area contributed by atoms with E-state index in [1.807, 2.05) is 24.3 Å². The van der Waals surface area contributed by atoms with Crippen LogP contribution in [0.15, 0.2) is 30.0 Å². The zero-order valence-electron chi connectivity index (χ0n) is 13.0. The van der Waals surface area contributed by atoms with Gasteiger partial charge in [0.1, 0.15) is 5.70 Å². The maximum absolute atomic E-state index is 12.0. The second-order valence-electron chi connectivity index (χ2n) is 5.02. The molecule has 0 aromatic heterocycles. The third kappa shape index (κ3) is 3.68. The summed E-state index contributed by atoms with van der Waals surface area (Å²) in [7, 11) is 0. The van der Waals surface area contributed by atoms with E-state index in [0.717, 1.165) is 24.3 Å². The van der Waals surface area contributed by atoms with Gasteiger partial charge in [0.05, 0.1) is 12.5 Å². The predicted molar refractivity (Wildman–Crippen MR) is 83.2 cm³/mol. The first kappa shape index (κ1) is 16.5. The summed E-state index contributed by atoms with van der Waals surface area (Å²) in [5.74, 6) is -2.16. The highest BCUT2D eigenvalue weighted by Crippen LogP contribution is 2.18. The quantitative estimate of drug-likeness (QED) is 0.597. The zero-order valence-corrected chi connectivity index (χ0v) is 13.0. The lowest BCUT2D eigenvalue weighted by atomic mass is 10.1. The van der Waals surface area contributed by atoms with Gasteiger partial charge in [0.15, 0.2) is 0 Å². The number of carbonyl (C=O) groups excluding carboxylic acids is 3. The van der Waals surface area contributed by atoms with Crippen molar-refractivity contribution in [2.45, 2.75) is 13.8 Å². The van der Waals surface area contributed by atoms with Crippen LogP contribution in [0.3, 0.4) is 0 Å². The van der Waals surface area contributed by atoms with Crippen LogP contribution in [-0.2, 0) is 9.59 Å². The van der Waals surface area contributed by atoms with Crippen LogP contribution in [0.4, 0.5) is 10.5 Å². The second-order valence-corrected chi connectivity index (χ2v) is 5.02. The molecule has 1 heterocycles. The molecule has 0 saturated carbocycles. The Labute approximate surface area is 134 Å². The standard InChI is InChI=1S/C16H19N3O4/c1-3-18(4-2)12-7-5-11(6-8-12)9-13-15(22)19(10-14(20)21)16(23)17-13/h5-9H,3-4,10H2,1-2H3,(H,17,23)(H,20,21)/p-1/b13-9+. The van der Waals surface area contributed by atoms with Crippen molar-refractivity contribution >= 4 is 29.7 Å². The van der Waals surface area contributed by atoms with E-state index >= 15 is 0 Å². The van der Waals surface area contributed by atoms with Crippen LogP contribution in [0.25, 0.3) is 6.08 Å². The number of carboxylic acids is 1. The third-order valence-electron chi connectivity index (χ3n) is 3.58. The Morgan fingerprint density at radius 1 is 1.22 bits per heavy atom. The number of aliphatic carboxylic acids is 1. The van der Waals surface area contributed by atoms with Crippen molar-refractivity contribution in [1.82, 2.24) is 10.2 Å². The minimum atomic E-state index is -1.49. The van der Waals surface area contributed by atoms with Gasteiger partial charge in [-0.15, -0.1) is 0 Å². The molecular formula is C16H18N3O4-. The third-order valence-corrected chi connectivity index (χ3v) is 3.58. The Kier molecular flexibility index (Phi) is 5.00. The van der Waals surface area contributed by atoms with Gasteiger partial charge in [0.25, 0.3) is 5.91 Å². The van der Waals surface area contributed by atoms with Crippen molar-refractivity contribution in [3.05, 3.63) is 35.5 Å². The normalized spacial score (nSPS) is 15.9. The number of hydrogen-bond acceptors (Lipinski definition) is 5. The van der Waals surface area contributed by atoms with Gasteiger partial charge in [-0.1, -0.05) is 12.1 Å². The molecular weight excluding hydrogens is 298 g/mol. The van der Waals surface area contributed by atoms with E-state index in [1.54, 1.807) is 0 Å². The predicted octanol–water partition coefficient (Wildman–Crippen LogP) is 0.175. The SMILES string of the molecule is CCN(CC)c1ccc(/C=C2/NC(=O)N(CC(=O)[O-])C2=O)cc1. The van der Waals surface area contributed by atoms with Gasteiger partial charge < -0.3 is 20.1 Å². The Bertz CT molecular complexity index is 648. The largest absolute Gasteiger partial charge is 0.548 e. The van der Waals surface area contributed by atoms with Crippen LogP contribution in [0.2, 0.25) is 0 Å². The van der Waals surface area contributed by atoms with E-state index in [4.69, 9.17) is 0 Å².